The maximum absolute atomic E-state index is 5.35. The van der Waals surface area contributed by atoms with Gasteiger partial charge in [0, 0.05) is 19.0 Å². The van der Waals surface area contributed by atoms with Crippen LogP contribution in [0.2, 0.25) is 0 Å². The first-order valence-electron chi connectivity index (χ1n) is 10.0. The van der Waals surface area contributed by atoms with E-state index in [1.54, 1.807) is 7.05 Å². The number of guanidine groups is 1. The Morgan fingerprint density at radius 3 is 2.45 bits per heavy atom. The van der Waals surface area contributed by atoms with Crippen LogP contribution in [0.3, 0.4) is 0 Å². The van der Waals surface area contributed by atoms with Gasteiger partial charge in [-0.1, -0.05) is 56.3 Å². The normalized spacial score (nSPS) is 16.3. The van der Waals surface area contributed by atoms with Crippen molar-refractivity contribution < 1.29 is 4.52 Å². The Bertz CT molecular complexity index is 765. The van der Waals surface area contributed by atoms with E-state index in [1.165, 1.54) is 18.4 Å². The van der Waals surface area contributed by atoms with Crippen LogP contribution >= 0.6 is 24.0 Å². The van der Waals surface area contributed by atoms with Gasteiger partial charge in [0.25, 0.3) is 0 Å². The molecule has 2 N–H and O–H groups in total. The van der Waals surface area contributed by atoms with Gasteiger partial charge in [-0.05, 0) is 31.5 Å². The molecule has 1 atom stereocenters. The number of nitrogens with one attached hydrogen (secondary N) is 2. The van der Waals surface area contributed by atoms with Crippen LogP contribution in [0.4, 0.5) is 0 Å². The first-order chi connectivity index (χ1) is 13.5. The Labute approximate surface area is 190 Å². The molecule has 1 aromatic heterocycles. The van der Waals surface area contributed by atoms with Crippen LogP contribution in [0.1, 0.15) is 56.9 Å². The van der Waals surface area contributed by atoms with Crippen LogP contribution < -0.4 is 10.6 Å². The monoisotopic (exact) mass is 512 g/mol. The summed E-state index contributed by atoms with van der Waals surface area (Å²) < 4.78 is 5.35. The SMILES string of the molecule is CN=C(NCc1noc(C(C)(C)C)n1)NCC(c1ccccc1)N1CCCC1.I. The van der Waals surface area contributed by atoms with E-state index in [4.69, 9.17) is 4.52 Å². The molecule has 160 valence electrons. The highest BCUT2D eigenvalue weighted by Crippen LogP contribution is 2.24. The minimum absolute atomic E-state index is 0. The van der Waals surface area contributed by atoms with E-state index in [1.807, 2.05) is 0 Å². The number of aromatic nitrogens is 2. The molecule has 29 heavy (non-hydrogen) atoms. The molecule has 1 aliphatic heterocycles. The minimum Gasteiger partial charge on any atom is -0.354 e. The lowest BCUT2D eigenvalue weighted by Gasteiger charge is -2.28. The van der Waals surface area contributed by atoms with Crippen molar-refractivity contribution in [2.24, 2.45) is 4.99 Å². The van der Waals surface area contributed by atoms with Crippen molar-refractivity contribution in [1.29, 1.82) is 0 Å². The Hall–Kier alpha value is -1.68. The summed E-state index contributed by atoms with van der Waals surface area (Å²) in [4.78, 5) is 11.3. The number of halogens is 1. The van der Waals surface area contributed by atoms with Crippen LogP contribution in [0.25, 0.3) is 0 Å². The van der Waals surface area contributed by atoms with Gasteiger partial charge in [0.2, 0.25) is 5.89 Å². The fourth-order valence-electron chi connectivity index (χ4n) is 3.39. The molecule has 1 fully saturated rings. The van der Waals surface area contributed by atoms with Gasteiger partial charge in [-0.3, -0.25) is 9.89 Å². The van der Waals surface area contributed by atoms with E-state index in [2.05, 4.69) is 81.8 Å². The molecule has 1 saturated heterocycles. The third kappa shape index (κ3) is 6.67. The predicted molar refractivity (Wildman–Crippen MR) is 127 cm³/mol. The van der Waals surface area contributed by atoms with Crippen molar-refractivity contribution in [3.8, 4) is 0 Å². The highest BCUT2D eigenvalue weighted by atomic mass is 127. The third-order valence-electron chi connectivity index (χ3n) is 4.98. The van der Waals surface area contributed by atoms with E-state index in [9.17, 15) is 0 Å². The molecule has 0 amide bonds. The molecule has 8 heteroatoms. The molecular weight excluding hydrogens is 479 g/mol. The Kier molecular flexibility index (Phi) is 8.88. The van der Waals surface area contributed by atoms with Crippen molar-refractivity contribution in [1.82, 2.24) is 25.7 Å². The minimum atomic E-state index is -0.149. The van der Waals surface area contributed by atoms with Crippen LogP contribution in [0.5, 0.6) is 0 Å². The Morgan fingerprint density at radius 1 is 1.17 bits per heavy atom. The quantitative estimate of drug-likeness (QED) is 0.351. The zero-order valence-electron chi connectivity index (χ0n) is 17.8. The van der Waals surface area contributed by atoms with Crippen LogP contribution in [0.15, 0.2) is 39.8 Å². The lowest BCUT2D eigenvalue weighted by molar-refractivity contribution is 0.245. The molecule has 7 nitrogen and oxygen atoms in total. The molecule has 1 unspecified atom stereocenters. The highest BCUT2D eigenvalue weighted by Gasteiger charge is 2.24. The largest absolute Gasteiger partial charge is 0.354 e. The second-order valence-corrected chi connectivity index (χ2v) is 8.24. The fourth-order valence-corrected chi connectivity index (χ4v) is 3.39. The number of aliphatic imine (C=N–C) groups is 1. The van der Waals surface area contributed by atoms with Gasteiger partial charge in [-0.2, -0.15) is 4.98 Å². The average molecular weight is 512 g/mol. The molecule has 1 aromatic carbocycles. The second kappa shape index (κ2) is 10.9. The van der Waals surface area contributed by atoms with Gasteiger partial charge in [-0.25, -0.2) is 0 Å². The zero-order chi connectivity index (χ0) is 20.0. The molecule has 0 spiro atoms. The van der Waals surface area contributed by atoms with Gasteiger partial charge in [0.15, 0.2) is 11.8 Å². The van der Waals surface area contributed by atoms with Crippen molar-refractivity contribution in [2.75, 3.05) is 26.7 Å². The zero-order valence-corrected chi connectivity index (χ0v) is 20.1. The summed E-state index contributed by atoms with van der Waals surface area (Å²) in [6.45, 7) is 9.72. The maximum atomic E-state index is 5.35. The number of hydrogen-bond acceptors (Lipinski definition) is 5. The number of benzene rings is 1. The predicted octanol–water partition coefficient (Wildman–Crippen LogP) is 3.49. The van der Waals surface area contributed by atoms with Crippen LogP contribution in [-0.4, -0.2) is 47.7 Å². The molecule has 0 radical (unpaired) electrons. The Balaban J connectivity index is 0.00000300. The average Bonchev–Trinajstić information content (AvgIpc) is 3.37. The third-order valence-corrected chi connectivity index (χ3v) is 4.98. The van der Waals surface area contributed by atoms with Crippen LogP contribution in [-0.2, 0) is 12.0 Å². The van der Waals surface area contributed by atoms with E-state index < -0.39 is 0 Å². The highest BCUT2D eigenvalue weighted by molar-refractivity contribution is 14.0. The molecule has 0 aliphatic carbocycles. The molecule has 0 bridgehead atoms. The van der Waals surface area contributed by atoms with Gasteiger partial charge < -0.3 is 15.2 Å². The molecule has 1 aliphatic rings. The van der Waals surface area contributed by atoms with Gasteiger partial charge in [-0.15, -0.1) is 24.0 Å². The van der Waals surface area contributed by atoms with E-state index >= 15 is 0 Å². The van der Waals surface area contributed by atoms with E-state index in [-0.39, 0.29) is 29.4 Å². The topological polar surface area (TPSA) is 78.6 Å². The van der Waals surface area contributed by atoms with Crippen molar-refractivity contribution in [3.63, 3.8) is 0 Å². The van der Waals surface area contributed by atoms with Gasteiger partial charge >= 0.3 is 0 Å². The van der Waals surface area contributed by atoms with Crippen molar-refractivity contribution >= 4 is 29.9 Å². The second-order valence-electron chi connectivity index (χ2n) is 8.24. The molecular formula is C21H33IN6O. The number of hydrogen-bond donors (Lipinski definition) is 2. The smallest absolute Gasteiger partial charge is 0.232 e. The fraction of sp³-hybridized carbons (Fsp3) is 0.571. The summed E-state index contributed by atoms with van der Waals surface area (Å²) in [7, 11) is 1.78. The summed E-state index contributed by atoms with van der Waals surface area (Å²) in [6, 6.07) is 11.0. The lowest BCUT2D eigenvalue weighted by atomic mass is 9.97. The molecule has 0 saturated carbocycles. The summed E-state index contributed by atoms with van der Waals surface area (Å²) in [5.41, 5.74) is 1.18. The van der Waals surface area contributed by atoms with E-state index in [0.717, 1.165) is 25.6 Å². The van der Waals surface area contributed by atoms with E-state index in [0.29, 0.717) is 24.3 Å². The maximum Gasteiger partial charge on any atom is 0.232 e. The summed E-state index contributed by atoms with van der Waals surface area (Å²) in [5, 5.41) is 10.8. The number of nitrogens with zero attached hydrogens (tertiary/aromatic N) is 4. The summed E-state index contributed by atoms with van der Waals surface area (Å²) >= 11 is 0. The van der Waals surface area contributed by atoms with Gasteiger partial charge in [0.1, 0.15) is 0 Å². The van der Waals surface area contributed by atoms with Gasteiger partial charge in [0.05, 0.1) is 12.6 Å². The summed E-state index contributed by atoms with van der Waals surface area (Å²) in [6.07, 6.45) is 2.54. The lowest BCUT2D eigenvalue weighted by Crippen LogP contribution is -2.42. The Morgan fingerprint density at radius 2 is 1.86 bits per heavy atom. The van der Waals surface area contributed by atoms with Crippen LogP contribution in [0, 0.1) is 0 Å². The number of likely N-dealkylation sites (tertiary alicyclic amines) is 1. The molecule has 2 aromatic rings. The van der Waals surface area contributed by atoms with Crippen molar-refractivity contribution in [2.45, 2.75) is 51.6 Å². The first-order valence-corrected chi connectivity index (χ1v) is 10.0. The molecule has 3 rings (SSSR count). The first kappa shape index (κ1) is 23.6. The number of rotatable bonds is 6. The standard InChI is InChI=1S/C21H32N6O.HI/c1-21(2,3)19-25-18(26-28-19)15-24-20(22-4)23-14-17(27-12-8-9-13-27)16-10-6-5-7-11-16;/h5-7,10-11,17H,8-9,12-15H2,1-4H3,(H2,22,23,24);1H. The molecule has 2 heterocycles. The summed E-state index contributed by atoms with van der Waals surface area (Å²) in [5.74, 6) is 2.01. The van der Waals surface area contributed by atoms with Crippen molar-refractivity contribution in [3.05, 3.63) is 47.6 Å².